The quantitative estimate of drug-likeness (QED) is 0.874. The molecule has 0 aliphatic rings. The van der Waals surface area contributed by atoms with Gasteiger partial charge in [-0.25, -0.2) is 0 Å². The SMILES string of the molecule is Cc1nn(C)cc1C(N)CCc1ccccc1. The van der Waals surface area contributed by atoms with Crippen molar-refractivity contribution in [2.75, 3.05) is 0 Å². The van der Waals surface area contributed by atoms with Crippen molar-refractivity contribution in [2.45, 2.75) is 25.8 Å². The highest BCUT2D eigenvalue weighted by molar-refractivity contribution is 5.21. The van der Waals surface area contributed by atoms with E-state index in [4.69, 9.17) is 5.73 Å². The average Bonchev–Trinajstić information content (AvgIpc) is 2.67. The molecule has 1 aromatic heterocycles. The molecular formula is C14H19N3. The molecule has 1 heterocycles. The second-order valence-electron chi connectivity index (χ2n) is 4.47. The molecule has 2 rings (SSSR count). The third-order valence-electron chi connectivity index (χ3n) is 3.04. The van der Waals surface area contributed by atoms with E-state index in [1.807, 2.05) is 30.9 Å². The summed E-state index contributed by atoms with van der Waals surface area (Å²) in [6, 6.07) is 10.5. The summed E-state index contributed by atoms with van der Waals surface area (Å²) >= 11 is 0. The number of nitrogens with two attached hydrogens (primary N) is 1. The topological polar surface area (TPSA) is 43.8 Å². The normalized spacial score (nSPS) is 12.6. The second-order valence-corrected chi connectivity index (χ2v) is 4.47. The van der Waals surface area contributed by atoms with E-state index in [-0.39, 0.29) is 6.04 Å². The minimum atomic E-state index is 0.0731. The Hall–Kier alpha value is -1.61. The van der Waals surface area contributed by atoms with E-state index in [0.29, 0.717) is 0 Å². The van der Waals surface area contributed by atoms with Gasteiger partial charge in [0, 0.05) is 24.8 Å². The van der Waals surface area contributed by atoms with Crippen molar-refractivity contribution in [3.63, 3.8) is 0 Å². The Balaban J connectivity index is 1.98. The molecule has 0 radical (unpaired) electrons. The van der Waals surface area contributed by atoms with E-state index in [1.54, 1.807) is 0 Å². The first-order chi connectivity index (χ1) is 8.16. The minimum absolute atomic E-state index is 0.0731. The first kappa shape index (κ1) is 11.9. The van der Waals surface area contributed by atoms with Crippen LogP contribution in [0.1, 0.15) is 29.3 Å². The molecule has 3 heteroatoms. The van der Waals surface area contributed by atoms with Gasteiger partial charge in [0.25, 0.3) is 0 Å². The van der Waals surface area contributed by atoms with E-state index < -0.39 is 0 Å². The lowest BCUT2D eigenvalue weighted by molar-refractivity contribution is 0.647. The molecule has 0 aliphatic carbocycles. The maximum atomic E-state index is 6.20. The molecule has 2 aromatic rings. The van der Waals surface area contributed by atoms with Gasteiger partial charge in [-0.3, -0.25) is 4.68 Å². The van der Waals surface area contributed by atoms with Crippen molar-refractivity contribution in [3.8, 4) is 0 Å². The van der Waals surface area contributed by atoms with Crippen molar-refractivity contribution in [3.05, 3.63) is 53.3 Å². The van der Waals surface area contributed by atoms with Crippen molar-refractivity contribution < 1.29 is 0 Å². The zero-order valence-corrected chi connectivity index (χ0v) is 10.4. The maximum Gasteiger partial charge on any atom is 0.0641 e. The van der Waals surface area contributed by atoms with Crippen molar-refractivity contribution in [1.82, 2.24) is 9.78 Å². The monoisotopic (exact) mass is 229 g/mol. The maximum absolute atomic E-state index is 6.20. The summed E-state index contributed by atoms with van der Waals surface area (Å²) in [5.41, 5.74) is 9.73. The largest absolute Gasteiger partial charge is 0.324 e. The van der Waals surface area contributed by atoms with Gasteiger partial charge in [-0.2, -0.15) is 5.10 Å². The van der Waals surface area contributed by atoms with Crippen LogP contribution in [-0.2, 0) is 13.5 Å². The standard InChI is InChI=1S/C14H19N3/c1-11-13(10-17(2)16-11)14(15)9-8-12-6-4-3-5-7-12/h3-7,10,14H,8-9,15H2,1-2H3. The lowest BCUT2D eigenvalue weighted by Gasteiger charge is -2.10. The van der Waals surface area contributed by atoms with Gasteiger partial charge < -0.3 is 5.73 Å². The predicted molar refractivity (Wildman–Crippen MR) is 69.6 cm³/mol. The van der Waals surface area contributed by atoms with Gasteiger partial charge in [-0.05, 0) is 25.3 Å². The van der Waals surface area contributed by atoms with E-state index in [1.165, 1.54) is 5.56 Å². The molecule has 90 valence electrons. The lowest BCUT2D eigenvalue weighted by Crippen LogP contribution is -2.11. The Labute approximate surface area is 102 Å². The van der Waals surface area contributed by atoms with Crippen molar-refractivity contribution in [2.24, 2.45) is 12.8 Å². The van der Waals surface area contributed by atoms with Crippen LogP contribution in [0.5, 0.6) is 0 Å². The molecule has 1 aromatic carbocycles. The van der Waals surface area contributed by atoms with Gasteiger partial charge >= 0.3 is 0 Å². The Bertz CT molecular complexity index is 473. The third kappa shape index (κ3) is 2.94. The number of rotatable bonds is 4. The molecule has 0 fully saturated rings. The first-order valence-electron chi connectivity index (χ1n) is 5.96. The van der Waals surface area contributed by atoms with E-state index >= 15 is 0 Å². The molecule has 0 aliphatic heterocycles. The van der Waals surface area contributed by atoms with Gasteiger partial charge in [0.05, 0.1) is 5.69 Å². The molecule has 2 N–H and O–H groups in total. The summed E-state index contributed by atoms with van der Waals surface area (Å²) in [6.07, 6.45) is 3.98. The molecule has 0 saturated carbocycles. The first-order valence-corrected chi connectivity index (χ1v) is 5.96. The average molecular weight is 229 g/mol. The predicted octanol–water partition coefficient (Wildman–Crippen LogP) is 2.36. The van der Waals surface area contributed by atoms with Crippen LogP contribution in [0.25, 0.3) is 0 Å². The van der Waals surface area contributed by atoms with Crippen molar-refractivity contribution >= 4 is 0 Å². The van der Waals surface area contributed by atoms with Crippen LogP contribution in [0, 0.1) is 6.92 Å². The Morgan fingerprint density at radius 1 is 1.29 bits per heavy atom. The fraction of sp³-hybridized carbons (Fsp3) is 0.357. The van der Waals surface area contributed by atoms with Crippen LogP contribution in [-0.4, -0.2) is 9.78 Å². The van der Waals surface area contributed by atoms with Gasteiger partial charge in [0.15, 0.2) is 0 Å². The minimum Gasteiger partial charge on any atom is -0.324 e. The van der Waals surface area contributed by atoms with E-state index in [2.05, 4.69) is 29.4 Å². The van der Waals surface area contributed by atoms with Gasteiger partial charge in [-0.15, -0.1) is 0 Å². The molecule has 0 bridgehead atoms. The Kier molecular flexibility index (Phi) is 3.59. The molecule has 0 amide bonds. The van der Waals surface area contributed by atoms with E-state index in [0.717, 1.165) is 24.1 Å². The number of nitrogens with zero attached hydrogens (tertiary/aromatic N) is 2. The number of aromatic nitrogens is 2. The van der Waals surface area contributed by atoms with Gasteiger partial charge in [0.2, 0.25) is 0 Å². The summed E-state index contributed by atoms with van der Waals surface area (Å²) in [4.78, 5) is 0. The van der Waals surface area contributed by atoms with Crippen LogP contribution < -0.4 is 5.73 Å². The molecule has 0 spiro atoms. The summed E-state index contributed by atoms with van der Waals surface area (Å²) in [5.74, 6) is 0. The second kappa shape index (κ2) is 5.15. The summed E-state index contributed by atoms with van der Waals surface area (Å²) in [5, 5.41) is 4.32. The Morgan fingerprint density at radius 2 is 2.00 bits per heavy atom. The zero-order chi connectivity index (χ0) is 12.3. The molecule has 1 unspecified atom stereocenters. The van der Waals surface area contributed by atoms with Gasteiger partial charge in [0.1, 0.15) is 0 Å². The molecule has 1 atom stereocenters. The Morgan fingerprint density at radius 3 is 2.59 bits per heavy atom. The smallest absolute Gasteiger partial charge is 0.0641 e. The van der Waals surface area contributed by atoms with E-state index in [9.17, 15) is 0 Å². The third-order valence-corrected chi connectivity index (χ3v) is 3.04. The van der Waals surface area contributed by atoms with Crippen LogP contribution in [0.2, 0.25) is 0 Å². The van der Waals surface area contributed by atoms with Crippen LogP contribution >= 0.6 is 0 Å². The van der Waals surface area contributed by atoms with Crippen LogP contribution in [0.3, 0.4) is 0 Å². The number of benzene rings is 1. The summed E-state index contributed by atoms with van der Waals surface area (Å²) in [6.45, 7) is 2.01. The molecular weight excluding hydrogens is 210 g/mol. The number of aryl methyl sites for hydroxylation is 3. The van der Waals surface area contributed by atoms with Crippen molar-refractivity contribution in [1.29, 1.82) is 0 Å². The lowest BCUT2D eigenvalue weighted by atomic mass is 10.0. The zero-order valence-electron chi connectivity index (χ0n) is 10.4. The highest BCUT2D eigenvalue weighted by Gasteiger charge is 2.11. The highest BCUT2D eigenvalue weighted by Crippen LogP contribution is 2.19. The number of hydrogen-bond donors (Lipinski definition) is 1. The molecule has 3 nitrogen and oxygen atoms in total. The van der Waals surface area contributed by atoms with Crippen LogP contribution in [0.15, 0.2) is 36.5 Å². The highest BCUT2D eigenvalue weighted by atomic mass is 15.2. The molecule has 0 saturated heterocycles. The summed E-state index contributed by atoms with van der Waals surface area (Å²) in [7, 11) is 1.93. The molecule has 17 heavy (non-hydrogen) atoms. The fourth-order valence-electron chi connectivity index (χ4n) is 2.10. The number of hydrogen-bond acceptors (Lipinski definition) is 2. The van der Waals surface area contributed by atoms with Crippen LogP contribution in [0.4, 0.5) is 0 Å². The van der Waals surface area contributed by atoms with Gasteiger partial charge in [-0.1, -0.05) is 30.3 Å². The fourth-order valence-corrected chi connectivity index (χ4v) is 2.10. The summed E-state index contributed by atoms with van der Waals surface area (Å²) < 4.78 is 1.83.